The molecule has 2 heterocycles. The van der Waals surface area contributed by atoms with Crippen molar-refractivity contribution < 1.29 is 9.53 Å². The van der Waals surface area contributed by atoms with Crippen LogP contribution in [-0.2, 0) is 4.74 Å². The Bertz CT molecular complexity index is 656. The molecule has 1 aliphatic heterocycles. The second kappa shape index (κ2) is 6.79. The number of carbonyl (C=O) groups excluding carboxylic acids is 1. The summed E-state index contributed by atoms with van der Waals surface area (Å²) < 4.78 is 6.24. The van der Waals surface area contributed by atoms with E-state index in [0.29, 0.717) is 6.61 Å². The maximum Gasteiger partial charge on any atom is 0.416 e. The molecule has 0 radical (unpaired) electrons. The van der Waals surface area contributed by atoms with E-state index in [4.69, 9.17) is 4.74 Å². The van der Waals surface area contributed by atoms with Gasteiger partial charge in [0.1, 0.15) is 6.61 Å². The summed E-state index contributed by atoms with van der Waals surface area (Å²) in [7, 11) is 0. The fraction of sp³-hybridized carbons (Fsp3) is 0.375. The fourth-order valence-electron chi connectivity index (χ4n) is 2.48. The molecule has 3 rings (SSSR count). The van der Waals surface area contributed by atoms with Crippen LogP contribution in [0.15, 0.2) is 34.1 Å². The monoisotopic (exact) mass is 380 g/mol. The van der Waals surface area contributed by atoms with E-state index in [-0.39, 0.29) is 12.1 Å². The smallest absolute Gasteiger partial charge is 0.416 e. The highest BCUT2D eigenvalue weighted by atomic mass is 79.9. The minimum absolute atomic E-state index is 0.108. The summed E-state index contributed by atoms with van der Waals surface area (Å²) in [6, 6.07) is 8.11. The van der Waals surface area contributed by atoms with Gasteiger partial charge in [-0.15, -0.1) is 11.3 Å². The molecule has 0 saturated carbocycles. The van der Waals surface area contributed by atoms with Gasteiger partial charge < -0.3 is 4.74 Å². The lowest BCUT2D eigenvalue weighted by molar-refractivity contribution is 0.178. The highest BCUT2D eigenvalue weighted by Gasteiger charge is 2.35. The minimum Gasteiger partial charge on any atom is -0.447 e. The summed E-state index contributed by atoms with van der Waals surface area (Å²) in [5, 5.41) is 2.71. The van der Waals surface area contributed by atoms with E-state index < -0.39 is 0 Å². The molecule has 4 nitrogen and oxygen atoms in total. The van der Waals surface area contributed by atoms with Crippen LogP contribution in [0.2, 0.25) is 0 Å². The number of benzene rings is 1. The first-order valence-electron chi connectivity index (χ1n) is 7.36. The van der Waals surface area contributed by atoms with Crippen molar-refractivity contribution in [3.05, 3.63) is 34.1 Å². The zero-order valence-corrected chi connectivity index (χ0v) is 14.7. The van der Waals surface area contributed by atoms with Crippen LogP contribution in [0.5, 0.6) is 0 Å². The summed E-state index contributed by atoms with van der Waals surface area (Å²) in [6.45, 7) is 2.61. The van der Waals surface area contributed by atoms with Crippen LogP contribution in [0.3, 0.4) is 0 Å². The molecule has 0 aliphatic carbocycles. The maximum atomic E-state index is 12.0. The third-order valence-electron chi connectivity index (χ3n) is 3.69. The zero-order valence-electron chi connectivity index (χ0n) is 12.3. The molecule has 0 spiro atoms. The quantitative estimate of drug-likeness (QED) is 0.725. The molecule has 1 saturated heterocycles. The Hall–Kier alpha value is -1.40. The van der Waals surface area contributed by atoms with Gasteiger partial charge in [0.15, 0.2) is 5.13 Å². The van der Waals surface area contributed by atoms with Gasteiger partial charge in [-0.05, 0) is 18.6 Å². The molecule has 116 valence electrons. The number of cyclic esters (lactones) is 1. The van der Waals surface area contributed by atoms with Gasteiger partial charge in [0, 0.05) is 15.4 Å². The largest absolute Gasteiger partial charge is 0.447 e. The molecule has 2 aromatic rings. The molecular formula is C16H17BrN2O2S. The first kappa shape index (κ1) is 15.5. The Morgan fingerprint density at radius 3 is 2.91 bits per heavy atom. The van der Waals surface area contributed by atoms with Crippen molar-refractivity contribution in [1.82, 2.24) is 4.98 Å². The number of rotatable bonds is 5. The van der Waals surface area contributed by atoms with Crippen LogP contribution >= 0.6 is 27.3 Å². The number of halogens is 1. The lowest BCUT2D eigenvalue weighted by Gasteiger charge is -2.17. The van der Waals surface area contributed by atoms with Gasteiger partial charge in [-0.1, -0.05) is 47.8 Å². The van der Waals surface area contributed by atoms with Crippen LogP contribution in [0.1, 0.15) is 26.2 Å². The molecule has 1 aromatic heterocycles. The summed E-state index contributed by atoms with van der Waals surface area (Å²) >= 11 is 4.92. The van der Waals surface area contributed by atoms with Crippen molar-refractivity contribution in [3.63, 3.8) is 0 Å². The second-order valence-corrected chi connectivity index (χ2v) is 7.02. The number of hydrogen-bond acceptors (Lipinski definition) is 4. The molecule has 0 N–H and O–H groups in total. The highest BCUT2D eigenvalue weighted by Crippen LogP contribution is 2.32. The zero-order chi connectivity index (χ0) is 15.5. The number of carbonyl (C=O) groups is 1. The van der Waals surface area contributed by atoms with Crippen molar-refractivity contribution in [2.45, 2.75) is 32.2 Å². The van der Waals surface area contributed by atoms with Gasteiger partial charge in [0.25, 0.3) is 0 Å². The Balaban J connectivity index is 1.82. The normalized spacial score (nSPS) is 17.8. The molecule has 1 amide bonds. The highest BCUT2D eigenvalue weighted by molar-refractivity contribution is 9.10. The van der Waals surface area contributed by atoms with Crippen molar-refractivity contribution in [2.24, 2.45) is 0 Å². The minimum atomic E-state index is -0.280. The van der Waals surface area contributed by atoms with Gasteiger partial charge >= 0.3 is 6.09 Å². The van der Waals surface area contributed by atoms with E-state index in [0.717, 1.165) is 40.1 Å². The summed E-state index contributed by atoms with van der Waals surface area (Å²) in [4.78, 5) is 18.3. The SMILES string of the molecule is CCCCC1COC(=O)N1c1nc(-c2ccc(Br)cc2)cs1. The van der Waals surface area contributed by atoms with Crippen molar-refractivity contribution in [2.75, 3.05) is 11.5 Å². The fourth-order valence-corrected chi connectivity index (χ4v) is 3.63. The lowest BCUT2D eigenvalue weighted by Crippen LogP contribution is -2.33. The van der Waals surface area contributed by atoms with Crippen molar-refractivity contribution in [3.8, 4) is 11.3 Å². The molecule has 0 bridgehead atoms. The number of aromatic nitrogens is 1. The van der Waals surface area contributed by atoms with Crippen LogP contribution in [0.4, 0.5) is 9.93 Å². The molecule has 22 heavy (non-hydrogen) atoms. The molecule has 1 fully saturated rings. The van der Waals surface area contributed by atoms with Crippen molar-refractivity contribution >= 4 is 38.5 Å². The number of anilines is 1. The number of ether oxygens (including phenoxy) is 1. The van der Waals surface area contributed by atoms with Crippen LogP contribution in [-0.4, -0.2) is 23.7 Å². The Morgan fingerprint density at radius 1 is 1.41 bits per heavy atom. The topological polar surface area (TPSA) is 42.4 Å². The molecular weight excluding hydrogens is 364 g/mol. The summed E-state index contributed by atoms with van der Waals surface area (Å²) in [6.07, 6.45) is 2.87. The summed E-state index contributed by atoms with van der Waals surface area (Å²) in [5.41, 5.74) is 1.94. The van der Waals surface area contributed by atoms with Gasteiger partial charge in [-0.3, -0.25) is 0 Å². The average molecular weight is 381 g/mol. The molecule has 6 heteroatoms. The van der Waals surface area contributed by atoms with Gasteiger partial charge in [0.2, 0.25) is 0 Å². The van der Waals surface area contributed by atoms with E-state index in [2.05, 4.69) is 27.8 Å². The Labute approximate surface area is 142 Å². The first-order valence-corrected chi connectivity index (χ1v) is 9.03. The predicted octanol–water partition coefficient (Wildman–Crippen LogP) is 5.09. The maximum absolute atomic E-state index is 12.0. The lowest BCUT2D eigenvalue weighted by atomic mass is 10.1. The second-order valence-electron chi connectivity index (χ2n) is 5.27. The molecule has 1 atom stereocenters. The number of unbranched alkanes of at least 4 members (excludes halogenated alkanes) is 1. The van der Waals surface area contributed by atoms with Crippen molar-refractivity contribution in [1.29, 1.82) is 0 Å². The van der Waals surface area contributed by atoms with Crippen LogP contribution in [0.25, 0.3) is 11.3 Å². The van der Waals surface area contributed by atoms with E-state index in [1.54, 1.807) is 4.90 Å². The van der Waals surface area contributed by atoms with Gasteiger partial charge in [-0.25, -0.2) is 14.7 Å². The van der Waals surface area contributed by atoms with E-state index >= 15 is 0 Å². The number of hydrogen-bond donors (Lipinski definition) is 0. The van der Waals surface area contributed by atoms with Crippen LogP contribution in [0, 0.1) is 0 Å². The average Bonchev–Trinajstić information content (AvgIpc) is 3.12. The summed E-state index contributed by atoms with van der Waals surface area (Å²) in [5.74, 6) is 0. The Morgan fingerprint density at radius 2 is 2.18 bits per heavy atom. The number of thiazole rings is 1. The number of amides is 1. The number of nitrogens with zero attached hydrogens (tertiary/aromatic N) is 2. The first-order chi connectivity index (χ1) is 10.7. The third-order valence-corrected chi connectivity index (χ3v) is 5.06. The van der Waals surface area contributed by atoms with E-state index in [9.17, 15) is 4.79 Å². The molecule has 1 unspecified atom stereocenters. The van der Waals surface area contributed by atoms with Gasteiger partial charge in [0.05, 0.1) is 11.7 Å². The van der Waals surface area contributed by atoms with E-state index in [1.165, 1.54) is 11.3 Å². The van der Waals surface area contributed by atoms with Gasteiger partial charge in [-0.2, -0.15) is 0 Å². The predicted molar refractivity (Wildman–Crippen MR) is 92.4 cm³/mol. The van der Waals surface area contributed by atoms with E-state index in [1.807, 2.05) is 29.6 Å². The Kier molecular flexibility index (Phi) is 4.78. The van der Waals surface area contributed by atoms with Crippen LogP contribution < -0.4 is 4.90 Å². The third kappa shape index (κ3) is 3.17. The standard InChI is InChI=1S/C16H17BrN2O2S/c1-2-3-4-13-9-21-16(20)19(13)15-18-14(10-22-15)11-5-7-12(17)8-6-11/h5-8,10,13H,2-4,9H2,1H3. The molecule has 1 aliphatic rings. The molecule has 1 aromatic carbocycles.